The number of benzene rings is 1. The molecule has 4 nitrogen and oxygen atoms in total. The zero-order chi connectivity index (χ0) is 17.7. The Morgan fingerprint density at radius 1 is 1.12 bits per heavy atom. The summed E-state index contributed by atoms with van der Waals surface area (Å²) in [6.07, 6.45) is 5.53. The van der Waals surface area contributed by atoms with Gasteiger partial charge in [-0.3, -0.25) is 9.59 Å². The van der Waals surface area contributed by atoms with Gasteiger partial charge in [0.15, 0.2) is 0 Å². The zero-order valence-corrected chi connectivity index (χ0v) is 15.6. The number of nitrogens with one attached hydrogen (secondary N) is 2. The first-order valence-corrected chi connectivity index (χ1v) is 9.20. The maximum absolute atomic E-state index is 12.6. The highest BCUT2D eigenvalue weighted by atomic mass is 35.5. The highest BCUT2D eigenvalue weighted by molar-refractivity contribution is 6.36. The lowest BCUT2D eigenvalue weighted by atomic mass is 9.94. The number of amides is 2. The Morgan fingerprint density at radius 3 is 2.38 bits per heavy atom. The molecule has 0 aliphatic heterocycles. The minimum Gasteiger partial charge on any atom is -0.352 e. The van der Waals surface area contributed by atoms with Gasteiger partial charge in [-0.05, 0) is 37.0 Å². The van der Waals surface area contributed by atoms with Gasteiger partial charge in [-0.15, -0.1) is 0 Å². The first-order valence-electron chi connectivity index (χ1n) is 8.44. The lowest BCUT2D eigenvalue weighted by molar-refractivity contribution is -0.124. The molecule has 6 heteroatoms. The van der Waals surface area contributed by atoms with Crippen LogP contribution < -0.4 is 10.6 Å². The number of carbonyl (C=O) groups is 2. The standard InChI is InChI=1S/C18H24Cl2N2O2/c1-11(2)16(18(24)21-13-6-4-3-5-7-13)22-17(23)14-9-8-12(19)10-15(14)20/h8-11,13,16H,3-7H2,1-2H3,(H,21,24)(H,22,23). The lowest BCUT2D eigenvalue weighted by Gasteiger charge is -2.27. The van der Waals surface area contributed by atoms with Crippen LogP contribution in [0.2, 0.25) is 10.0 Å². The Balaban J connectivity index is 2.04. The average Bonchev–Trinajstić information content (AvgIpc) is 2.52. The van der Waals surface area contributed by atoms with Crippen LogP contribution in [-0.2, 0) is 4.79 Å². The Hall–Kier alpha value is -1.26. The molecule has 0 spiro atoms. The fourth-order valence-electron chi connectivity index (χ4n) is 2.97. The summed E-state index contributed by atoms with van der Waals surface area (Å²) in [5.74, 6) is -0.520. The van der Waals surface area contributed by atoms with Crippen molar-refractivity contribution >= 4 is 35.0 Å². The third-order valence-electron chi connectivity index (χ3n) is 4.36. The van der Waals surface area contributed by atoms with Crippen LogP contribution in [-0.4, -0.2) is 23.9 Å². The zero-order valence-electron chi connectivity index (χ0n) is 14.1. The molecule has 0 heterocycles. The predicted molar refractivity (Wildman–Crippen MR) is 97.6 cm³/mol. The molecule has 1 aliphatic rings. The molecule has 0 aromatic heterocycles. The molecule has 1 aromatic carbocycles. The molecule has 0 bridgehead atoms. The maximum Gasteiger partial charge on any atom is 0.253 e. The monoisotopic (exact) mass is 370 g/mol. The fraction of sp³-hybridized carbons (Fsp3) is 0.556. The van der Waals surface area contributed by atoms with Gasteiger partial charge in [-0.25, -0.2) is 0 Å². The summed E-state index contributed by atoms with van der Waals surface area (Å²) in [6.45, 7) is 3.82. The molecule has 1 atom stereocenters. The van der Waals surface area contributed by atoms with E-state index in [2.05, 4.69) is 10.6 Å². The summed E-state index contributed by atoms with van der Waals surface area (Å²) >= 11 is 11.9. The molecule has 0 radical (unpaired) electrons. The van der Waals surface area contributed by atoms with Gasteiger partial charge in [0.25, 0.3) is 5.91 Å². The van der Waals surface area contributed by atoms with Crippen LogP contribution in [0.5, 0.6) is 0 Å². The van der Waals surface area contributed by atoms with E-state index in [0.29, 0.717) is 10.6 Å². The van der Waals surface area contributed by atoms with Crippen LogP contribution in [0.1, 0.15) is 56.3 Å². The molecule has 2 amide bonds. The van der Waals surface area contributed by atoms with Crippen molar-refractivity contribution in [1.82, 2.24) is 10.6 Å². The molecule has 1 saturated carbocycles. The van der Waals surface area contributed by atoms with Gasteiger partial charge in [0.1, 0.15) is 6.04 Å². The predicted octanol–water partition coefficient (Wildman–Crippen LogP) is 4.20. The number of halogens is 2. The highest BCUT2D eigenvalue weighted by Crippen LogP contribution is 2.21. The van der Waals surface area contributed by atoms with Crippen molar-refractivity contribution in [3.05, 3.63) is 33.8 Å². The second kappa shape index (κ2) is 8.72. The van der Waals surface area contributed by atoms with E-state index in [1.165, 1.54) is 12.5 Å². The third-order valence-corrected chi connectivity index (χ3v) is 4.91. The quantitative estimate of drug-likeness (QED) is 0.815. The summed E-state index contributed by atoms with van der Waals surface area (Å²) < 4.78 is 0. The van der Waals surface area contributed by atoms with Crippen LogP contribution >= 0.6 is 23.2 Å². The number of carbonyl (C=O) groups excluding carboxylic acids is 2. The van der Waals surface area contributed by atoms with Crippen molar-refractivity contribution in [2.45, 2.75) is 58.0 Å². The van der Waals surface area contributed by atoms with Gasteiger partial charge < -0.3 is 10.6 Å². The van der Waals surface area contributed by atoms with E-state index in [1.54, 1.807) is 12.1 Å². The second-order valence-electron chi connectivity index (χ2n) is 6.66. The van der Waals surface area contributed by atoms with Crippen molar-refractivity contribution in [2.75, 3.05) is 0 Å². The van der Waals surface area contributed by atoms with E-state index in [9.17, 15) is 9.59 Å². The van der Waals surface area contributed by atoms with Crippen LogP contribution in [0.25, 0.3) is 0 Å². The highest BCUT2D eigenvalue weighted by Gasteiger charge is 2.27. The topological polar surface area (TPSA) is 58.2 Å². The molecule has 1 aliphatic carbocycles. The first kappa shape index (κ1) is 19.1. The first-order chi connectivity index (χ1) is 11.4. The summed E-state index contributed by atoms with van der Waals surface area (Å²) in [4.78, 5) is 25.0. The van der Waals surface area contributed by atoms with E-state index in [1.807, 2.05) is 13.8 Å². The van der Waals surface area contributed by atoms with E-state index < -0.39 is 6.04 Å². The molecule has 1 unspecified atom stereocenters. The van der Waals surface area contributed by atoms with Gasteiger partial charge in [0, 0.05) is 11.1 Å². The van der Waals surface area contributed by atoms with Gasteiger partial charge >= 0.3 is 0 Å². The van der Waals surface area contributed by atoms with Gasteiger partial charge in [-0.1, -0.05) is 56.3 Å². The van der Waals surface area contributed by atoms with Crippen molar-refractivity contribution in [2.24, 2.45) is 5.92 Å². The van der Waals surface area contributed by atoms with E-state index >= 15 is 0 Å². The Labute approximate surface area is 153 Å². The van der Waals surface area contributed by atoms with Gasteiger partial charge in [0.05, 0.1) is 10.6 Å². The molecular weight excluding hydrogens is 347 g/mol. The SMILES string of the molecule is CC(C)C(NC(=O)c1ccc(Cl)cc1Cl)C(=O)NC1CCCCC1. The summed E-state index contributed by atoms with van der Waals surface area (Å²) in [5, 5.41) is 6.62. The minimum atomic E-state index is -0.592. The van der Waals surface area contributed by atoms with E-state index in [4.69, 9.17) is 23.2 Å². The van der Waals surface area contributed by atoms with Crippen molar-refractivity contribution in [3.63, 3.8) is 0 Å². The summed E-state index contributed by atoms with van der Waals surface area (Å²) in [7, 11) is 0. The number of hydrogen-bond acceptors (Lipinski definition) is 2. The molecule has 1 aromatic rings. The summed E-state index contributed by atoms with van der Waals surface area (Å²) in [5.41, 5.74) is 0.317. The van der Waals surface area contributed by atoms with Crippen molar-refractivity contribution < 1.29 is 9.59 Å². The number of hydrogen-bond donors (Lipinski definition) is 2. The van der Waals surface area contributed by atoms with Crippen LogP contribution in [0.3, 0.4) is 0 Å². The largest absolute Gasteiger partial charge is 0.352 e. The smallest absolute Gasteiger partial charge is 0.253 e. The van der Waals surface area contributed by atoms with E-state index in [0.717, 1.165) is 25.7 Å². The third kappa shape index (κ3) is 5.12. The van der Waals surface area contributed by atoms with Crippen molar-refractivity contribution in [3.8, 4) is 0 Å². The van der Waals surface area contributed by atoms with Gasteiger partial charge in [0.2, 0.25) is 5.91 Å². The molecular formula is C18H24Cl2N2O2. The maximum atomic E-state index is 12.6. The number of rotatable bonds is 5. The van der Waals surface area contributed by atoms with Gasteiger partial charge in [-0.2, -0.15) is 0 Å². The average molecular weight is 371 g/mol. The molecule has 0 saturated heterocycles. The Morgan fingerprint density at radius 2 is 1.79 bits per heavy atom. The molecule has 2 N–H and O–H groups in total. The normalized spacial score (nSPS) is 16.7. The minimum absolute atomic E-state index is 0.0244. The lowest BCUT2D eigenvalue weighted by Crippen LogP contribution is -2.52. The molecule has 24 heavy (non-hydrogen) atoms. The van der Waals surface area contributed by atoms with E-state index in [-0.39, 0.29) is 28.8 Å². The Kier molecular flexibility index (Phi) is 6.93. The fourth-order valence-corrected chi connectivity index (χ4v) is 3.46. The van der Waals surface area contributed by atoms with Crippen LogP contribution in [0.15, 0.2) is 18.2 Å². The molecule has 132 valence electrons. The van der Waals surface area contributed by atoms with Crippen LogP contribution in [0.4, 0.5) is 0 Å². The van der Waals surface area contributed by atoms with Crippen LogP contribution in [0, 0.1) is 5.92 Å². The summed E-state index contributed by atoms with van der Waals surface area (Å²) in [6, 6.07) is 4.31. The molecule has 2 rings (SSSR count). The Bertz CT molecular complexity index is 599. The molecule has 1 fully saturated rings. The van der Waals surface area contributed by atoms with Crippen molar-refractivity contribution in [1.29, 1.82) is 0 Å². The second-order valence-corrected chi connectivity index (χ2v) is 7.51.